The van der Waals surface area contributed by atoms with E-state index in [0.29, 0.717) is 24.5 Å². The Morgan fingerprint density at radius 3 is 2.52 bits per heavy atom. The average molecular weight is 420 g/mol. The van der Waals surface area contributed by atoms with Crippen molar-refractivity contribution in [2.24, 2.45) is 7.05 Å². The van der Waals surface area contributed by atoms with Crippen molar-refractivity contribution in [1.29, 1.82) is 0 Å². The molecule has 0 aliphatic carbocycles. The molecule has 1 aliphatic heterocycles. The van der Waals surface area contributed by atoms with Gasteiger partial charge in [-0.25, -0.2) is 13.2 Å². The molecule has 3 rings (SSSR count). The van der Waals surface area contributed by atoms with Crippen LogP contribution in [0.4, 0.5) is 5.69 Å². The Morgan fingerprint density at radius 2 is 1.90 bits per heavy atom. The Labute approximate surface area is 169 Å². The first-order chi connectivity index (χ1) is 13.7. The van der Waals surface area contributed by atoms with Crippen molar-refractivity contribution >= 4 is 27.6 Å². The van der Waals surface area contributed by atoms with E-state index in [4.69, 9.17) is 4.74 Å². The van der Waals surface area contributed by atoms with Gasteiger partial charge >= 0.3 is 5.97 Å². The zero-order valence-electron chi connectivity index (χ0n) is 16.6. The number of ether oxygens (including phenoxy) is 1. The van der Waals surface area contributed by atoms with Gasteiger partial charge in [0.15, 0.2) is 6.61 Å². The molecule has 1 N–H and O–H groups in total. The molecule has 0 atom stereocenters. The van der Waals surface area contributed by atoms with Gasteiger partial charge in [-0.1, -0.05) is 6.07 Å². The molecule has 0 spiro atoms. The lowest BCUT2D eigenvalue weighted by Gasteiger charge is -2.15. The molecule has 0 bridgehead atoms. The van der Waals surface area contributed by atoms with Crippen molar-refractivity contribution < 1.29 is 22.7 Å². The third kappa shape index (κ3) is 4.48. The molecule has 2 heterocycles. The van der Waals surface area contributed by atoms with E-state index in [0.717, 1.165) is 18.5 Å². The van der Waals surface area contributed by atoms with Crippen LogP contribution in [0.1, 0.15) is 34.6 Å². The molecule has 1 aliphatic rings. The zero-order chi connectivity index (χ0) is 21.2. The quantitative estimate of drug-likeness (QED) is 0.711. The number of rotatable bonds is 6. The molecule has 2 aromatic rings. The lowest BCUT2D eigenvalue weighted by molar-refractivity contribution is -0.119. The first-order valence-electron chi connectivity index (χ1n) is 9.27. The van der Waals surface area contributed by atoms with E-state index < -0.39 is 28.5 Å². The van der Waals surface area contributed by atoms with E-state index >= 15 is 0 Å². The van der Waals surface area contributed by atoms with Gasteiger partial charge in [0.1, 0.15) is 0 Å². The maximum Gasteiger partial charge on any atom is 0.338 e. The van der Waals surface area contributed by atoms with Crippen molar-refractivity contribution in [1.82, 2.24) is 14.1 Å². The summed E-state index contributed by atoms with van der Waals surface area (Å²) >= 11 is 0. The number of anilines is 1. The van der Waals surface area contributed by atoms with Gasteiger partial charge in [0, 0.05) is 20.1 Å². The first-order valence-corrected chi connectivity index (χ1v) is 10.7. The van der Waals surface area contributed by atoms with Crippen LogP contribution in [0.2, 0.25) is 0 Å². The SMILES string of the molecule is Cc1nn(C)c(C)c1NC(=O)COC(=O)c1cccc(S(=O)(=O)N2CCCC2)c1. The number of carbonyl (C=O) groups excluding carboxylic acids is 2. The minimum atomic E-state index is -3.64. The van der Waals surface area contributed by atoms with Crippen LogP contribution in [0.15, 0.2) is 29.2 Å². The normalized spacial score (nSPS) is 14.7. The lowest BCUT2D eigenvalue weighted by atomic mass is 10.2. The van der Waals surface area contributed by atoms with Gasteiger partial charge in [-0.2, -0.15) is 9.40 Å². The number of carbonyl (C=O) groups is 2. The second kappa shape index (κ2) is 8.34. The number of aromatic nitrogens is 2. The third-order valence-corrected chi connectivity index (χ3v) is 6.77. The number of amides is 1. The van der Waals surface area contributed by atoms with Crippen LogP contribution >= 0.6 is 0 Å². The number of benzene rings is 1. The monoisotopic (exact) mass is 420 g/mol. The molecule has 0 unspecified atom stereocenters. The van der Waals surface area contributed by atoms with Crippen molar-refractivity contribution in [2.75, 3.05) is 25.0 Å². The first kappa shape index (κ1) is 21.0. The molecule has 1 saturated heterocycles. The number of nitrogens with zero attached hydrogens (tertiary/aromatic N) is 3. The summed E-state index contributed by atoms with van der Waals surface area (Å²) in [7, 11) is -1.87. The number of esters is 1. The summed E-state index contributed by atoms with van der Waals surface area (Å²) in [6, 6.07) is 5.68. The standard InChI is InChI=1S/C19H24N4O5S/c1-13-18(14(2)22(3)21-13)20-17(24)12-28-19(25)15-7-6-8-16(11-15)29(26,27)23-9-4-5-10-23/h6-8,11H,4-5,9-10,12H2,1-3H3,(H,20,24). The minimum Gasteiger partial charge on any atom is -0.452 e. The highest BCUT2D eigenvalue weighted by atomic mass is 32.2. The van der Waals surface area contributed by atoms with Gasteiger partial charge in [0.2, 0.25) is 10.0 Å². The number of hydrogen-bond acceptors (Lipinski definition) is 6. The van der Waals surface area contributed by atoms with Crippen molar-refractivity contribution in [3.05, 3.63) is 41.2 Å². The van der Waals surface area contributed by atoms with E-state index in [-0.39, 0.29) is 10.5 Å². The van der Waals surface area contributed by atoms with Crippen molar-refractivity contribution in [3.63, 3.8) is 0 Å². The average Bonchev–Trinajstić information content (AvgIpc) is 3.32. The molecule has 29 heavy (non-hydrogen) atoms. The Bertz CT molecular complexity index is 1040. The highest BCUT2D eigenvalue weighted by molar-refractivity contribution is 7.89. The van der Waals surface area contributed by atoms with Crippen molar-refractivity contribution in [3.8, 4) is 0 Å². The summed E-state index contributed by atoms with van der Waals surface area (Å²) in [5, 5.41) is 6.88. The second-order valence-corrected chi connectivity index (χ2v) is 8.87. The molecule has 0 saturated carbocycles. The fraction of sp³-hybridized carbons (Fsp3) is 0.421. The summed E-state index contributed by atoms with van der Waals surface area (Å²) in [6.45, 7) is 4.04. The van der Waals surface area contributed by atoms with Gasteiger partial charge in [-0.15, -0.1) is 0 Å². The van der Waals surface area contributed by atoms with Crippen molar-refractivity contribution in [2.45, 2.75) is 31.6 Å². The summed E-state index contributed by atoms with van der Waals surface area (Å²) in [5.74, 6) is -1.27. The van der Waals surface area contributed by atoms with Crippen LogP contribution in [0.3, 0.4) is 0 Å². The molecule has 156 valence electrons. The van der Waals surface area contributed by atoms with E-state index in [2.05, 4.69) is 10.4 Å². The molecule has 9 nitrogen and oxygen atoms in total. The number of hydrogen-bond donors (Lipinski definition) is 1. The Balaban J connectivity index is 1.64. The van der Waals surface area contributed by atoms with Gasteiger partial charge < -0.3 is 10.1 Å². The summed E-state index contributed by atoms with van der Waals surface area (Å²) in [4.78, 5) is 24.5. The number of aryl methyl sites for hydroxylation is 2. The zero-order valence-corrected chi connectivity index (χ0v) is 17.5. The maximum absolute atomic E-state index is 12.6. The summed E-state index contributed by atoms with van der Waals surface area (Å²) in [6.07, 6.45) is 1.65. The number of nitrogens with one attached hydrogen (secondary N) is 1. The third-order valence-electron chi connectivity index (χ3n) is 4.88. The van der Waals surface area contributed by atoms with Crippen LogP contribution in [-0.4, -0.2) is 54.1 Å². The topological polar surface area (TPSA) is 111 Å². The largest absolute Gasteiger partial charge is 0.452 e. The number of sulfonamides is 1. The van der Waals surface area contributed by atoms with Crippen LogP contribution < -0.4 is 5.32 Å². The molecule has 1 aromatic carbocycles. The molecular formula is C19H24N4O5S. The predicted molar refractivity (Wildman–Crippen MR) is 106 cm³/mol. The van der Waals surface area contributed by atoms with Gasteiger partial charge in [0.25, 0.3) is 5.91 Å². The van der Waals surface area contributed by atoms with Crippen LogP contribution in [0, 0.1) is 13.8 Å². The van der Waals surface area contributed by atoms with E-state index in [1.165, 1.54) is 28.6 Å². The van der Waals surface area contributed by atoms with E-state index in [9.17, 15) is 18.0 Å². The van der Waals surface area contributed by atoms with E-state index in [1.807, 2.05) is 6.92 Å². The Hall–Kier alpha value is -2.72. The summed E-state index contributed by atoms with van der Waals surface area (Å²) < 4.78 is 33.4. The highest BCUT2D eigenvalue weighted by Gasteiger charge is 2.27. The fourth-order valence-corrected chi connectivity index (χ4v) is 4.77. The fourth-order valence-electron chi connectivity index (χ4n) is 3.21. The minimum absolute atomic E-state index is 0.0416. The Morgan fingerprint density at radius 1 is 1.21 bits per heavy atom. The maximum atomic E-state index is 12.6. The Kier molecular flexibility index (Phi) is 6.04. The summed E-state index contributed by atoms with van der Waals surface area (Å²) in [5.41, 5.74) is 2.09. The van der Waals surface area contributed by atoms with Crippen LogP contribution in [0.25, 0.3) is 0 Å². The molecular weight excluding hydrogens is 396 g/mol. The molecule has 0 radical (unpaired) electrons. The molecule has 1 fully saturated rings. The van der Waals surface area contributed by atoms with Gasteiger partial charge in [0.05, 0.1) is 27.5 Å². The van der Waals surface area contributed by atoms with Gasteiger partial charge in [-0.05, 0) is 44.9 Å². The smallest absolute Gasteiger partial charge is 0.338 e. The molecule has 1 amide bonds. The predicted octanol–water partition coefficient (Wildman–Crippen LogP) is 1.62. The highest BCUT2D eigenvalue weighted by Crippen LogP contribution is 2.22. The molecule has 10 heteroatoms. The van der Waals surface area contributed by atoms with Crippen LogP contribution in [-0.2, 0) is 26.6 Å². The van der Waals surface area contributed by atoms with E-state index in [1.54, 1.807) is 18.7 Å². The lowest BCUT2D eigenvalue weighted by Crippen LogP contribution is -2.28. The molecule has 1 aromatic heterocycles. The van der Waals surface area contributed by atoms with Crippen LogP contribution in [0.5, 0.6) is 0 Å². The van der Waals surface area contributed by atoms with Gasteiger partial charge in [-0.3, -0.25) is 9.48 Å². The second-order valence-electron chi connectivity index (χ2n) is 6.93.